The Balaban J connectivity index is 1.63. The standard InChI is InChI=1S/C31H26ClF4N5O3/c1-2-40-29-23(17-38-41(29)21-12-4-3-5-13-21)24(22-14-7-6-9-19(22)16-37-28(43)26(32)33)25(30(40)44)39-27(42)18-10-8-11-20(15-18)31(34,35)36/h3-15,17,24-26H,2,16H2,1H3,(H,37,43)(H,39,42)/t24-,25+,26?/m1/s1. The number of amides is 3. The molecule has 1 aliphatic heterocycles. The molecule has 3 atom stereocenters. The molecule has 2 heterocycles. The van der Waals surface area contributed by atoms with Crippen molar-refractivity contribution in [3.8, 4) is 5.69 Å². The molecule has 0 spiro atoms. The monoisotopic (exact) mass is 627 g/mol. The molecular formula is C31H26ClF4N5O3. The molecule has 3 amide bonds. The number of hydrogen-bond acceptors (Lipinski definition) is 4. The van der Waals surface area contributed by atoms with E-state index in [1.807, 2.05) is 30.3 Å². The van der Waals surface area contributed by atoms with Gasteiger partial charge in [0.05, 0.1) is 17.4 Å². The van der Waals surface area contributed by atoms with Crippen LogP contribution in [0.5, 0.6) is 0 Å². The fraction of sp³-hybridized carbons (Fsp3) is 0.226. The van der Waals surface area contributed by atoms with Crippen molar-refractivity contribution in [1.82, 2.24) is 20.4 Å². The van der Waals surface area contributed by atoms with Crippen LogP contribution in [0.1, 0.15) is 45.5 Å². The van der Waals surface area contributed by atoms with Crippen LogP contribution in [0.4, 0.5) is 23.4 Å². The van der Waals surface area contributed by atoms with E-state index < -0.39 is 47.1 Å². The summed E-state index contributed by atoms with van der Waals surface area (Å²) in [6, 6.07) is 18.5. The minimum absolute atomic E-state index is 0.152. The lowest BCUT2D eigenvalue weighted by atomic mass is 9.80. The van der Waals surface area contributed by atoms with Gasteiger partial charge in [-0.15, -0.1) is 0 Å². The SMILES string of the molecule is CCN1C(=O)[C@@H](NC(=O)c2cccc(C(F)(F)F)c2)[C@H](c2ccccc2CNC(=O)C(F)Cl)c2cnn(-c3ccccc3)c21. The van der Waals surface area contributed by atoms with Gasteiger partial charge in [0.1, 0.15) is 11.9 Å². The predicted octanol–water partition coefficient (Wildman–Crippen LogP) is 5.34. The Morgan fingerprint density at radius 2 is 1.70 bits per heavy atom. The van der Waals surface area contributed by atoms with Crippen LogP contribution >= 0.6 is 11.6 Å². The van der Waals surface area contributed by atoms with Gasteiger partial charge in [0, 0.05) is 30.1 Å². The van der Waals surface area contributed by atoms with E-state index >= 15 is 0 Å². The maximum Gasteiger partial charge on any atom is 0.416 e. The molecule has 228 valence electrons. The molecule has 13 heteroatoms. The Bertz CT molecular complexity index is 1690. The van der Waals surface area contributed by atoms with Crippen LogP contribution in [-0.4, -0.2) is 45.7 Å². The van der Waals surface area contributed by atoms with Crippen LogP contribution in [-0.2, 0) is 22.3 Å². The Labute approximate surface area is 254 Å². The molecule has 4 aromatic rings. The topological polar surface area (TPSA) is 96.3 Å². The Morgan fingerprint density at radius 3 is 2.39 bits per heavy atom. The molecule has 0 radical (unpaired) electrons. The second-order valence-electron chi connectivity index (χ2n) is 9.98. The number of nitrogens with one attached hydrogen (secondary N) is 2. The second kappa shape index (κ2) is 12.5. The normalized spacial score (nSPS) is 17.1. The summed E-state index contributed by atoms with van der Waals surface area (Å²) in [5, 5.41) is 9.65. The van der Waals surface area contributed by atoms with Gasteiger partial charge < -0.3 is 10.6 Å². The minimum atomic E-state index is -4.68. The third kappa shape index (κ3) is 6.02. The van der Waals surface area contributed by atoms with Crippen LogP contribution in [0, 0.1) is 0 Å². The number of anilines is 1. The number of nitrogens with zero attached hydrogens (tertiary/aromatic N) is 3. The van der Waals surface area contributed by atoms with E-state index in [0.29, 0.717) is 28.2 Å². The molecule has 0 aliphatic carbocycles. The zero-order valence-electron chi connectivity index (χ0n) is 23.2. The van der Waals surface area contributed by atoms with E-state index in [1.165, 1.54) is 11.0 Å². The number of aromatic nitrogens is 2. The van der Waals surface area contributed by atoms with Crippen LogP contribution in [0.3, 0.4) is 0 Å². The van der Waals surface area contributed by atoms with E-state index in [0.717, 1.165) is 18.2 Å². The third-order valence-electron chi connectivity index (χ3n) is 7.32. The number of carbonyl (C=O) groups excluding carboxylic acids is 3. The van der Waals surface area contributed by atoms with Crippen molar-refractivity contribution in [2.45, 2.75) is 37.2 Å². The number of alkyl halides is 5. The summed E-state index contributed by atoms with van der Waals surface area (Å²) >= 11 is 5.28. The fourth-order valence-electron chi connectivity index (χ4n) is 5.31. The Morgan fingerprint density at radius 1 is 1.00 bits per heavy atom. The van der Waals surface area contributed by atoms with Crippen molar-refractivity contribution in [2.75, 3.05) is 11.4 Å². The number of likely N-dealkylation sites (N-methyl/N-ethyl adjacent to an activating group) is 1. The zero-order chi connectivity index (χ0) is 31.6. The average molecular weight is 628 g/mol. The molecule has 0 fully saturated rings. The van der Waals surface area contributed by atoms with Crippen LogP contribution in [0.15, 0.2) is 85.1 Å². The van der Waals surface area contributed by atoms with Crippen molar-refractivity contribution >= 4 is 35.1 Å². The minimum Gasteiger partial charge on any atom is -0.348 e. The highest BCUT2D eigenvalue weighted by Gasteiger charge is 2.45. The number of hydrogen-bond donors (Lipinski definition) is 2. The number of halogens is 5. The number of benzene rings is 3. The Hall–Kier alpha value is -4.71. The lowest BCUT2D eigenvalue weighted by Gasteiger charge is -2.38. The zero-order valence-corrected chi connectivity index (χ0v) is 23.9. The maximum atomic E-state index is 14.2. The number of fused-ring (bicyclic) bond motifs is 1. The summed E-state index contributed by atoms with van der Waals surface area (Å²) in [5.41, 5.74) is -1.35. The molecule has 3 aromatic carbocycles. The summed E-state index contributed by atoms with van der Waals surface area (Å²) in [6.07, 6.45) is -3.11. The summed E-state index contributed by atoms with van der Waals surface area (Å²) in [5.74, 6) is -2.90. The van der Waals surface area contributed by atoms with Gasteiger partial charge in [-0.05, 0) is 48.4 Å². The molecule has 44 heavy (non-hydrogen) atoms. The van der Waals surface area contributed by atoms with Gasteiger partial charge in [-0.3, -0.25) is 19.3 Å². The molecule has 0 bridgehead atoms. The third-order valence-corrected chi connectivity index (χ3v) is 7.52. The molecular weight excluding hydrogens is 602 g/mol. The van der Waals surface area contributed by atoms with Crippen LogP contribution < -0.4 is 15.5 Å². The Kier molecular flexibility index (Phi) is 8.73. The van der Waals surface area contributed by atoms with E-state index in [9.17, 15) is 31.9 Å². The lowest BCUT2D eigenvalue weighted by molar-refractivity contribution is -0.137. The average Bonchev–Trinajstić information content (AvgIpc) is 3.45. The van der Waals surface area contributed by atoms with Gasteiger partial charge in [0.15, 0.2) is 0 Å². The van der Waals surface area contributed by atoms with Crippen molar-refractivity contribution in [3.05, 3.63) is 113 Å². The van der Waals surface area contributed by atoms with Crippen molar-refractivity contribution < 1.29 is 31.9 Å². The first-order chi connectivity index (χ1) is 21.0. The smallest absolute Gasteiger partial charge is 0.348 e. The fourth-order valence-corrected chi connectivity index (χ4v) is 5.39. The molecule has 1 unspecified atom stereocenters. The summed E-state index contributed by atoms with van der Waals surface area (Å²) in [7, 11) is 0. The van der Waals surface area contributed by atoms with Gasteiger partial charge in [-0.25, -0.2) is 9.07 Å². The molecule has 5 rings (SSSR count). The largest absolute Gasteiger partial charge is 0.416 e. The van der Waals surface area contributed by atoms with E-state index in [4.69, 9.17) is 11.6 Å². The quantitative estimate of drug-likeness (QED) is 0.204. The highest BCUT2D eigenvalue weighted by atomic mass is 35.5. The lowest BCUT2D eigenvalue weighted by Crippen LogP contribution is -2.55. The van der Waals surface area contributed by atoms with E-state index in [-0.39, 0.29) is 18.7 Å². The summed E-state index contributed by atoms with van der Waals surface area (Å²) < 4.78 is 55.2. The highest BCUT2D eigenvalue weighted by Crippen LogP contribution is 2.42. The van der Waals surface area contributed by atoms with Crippen molar-refractivity contribution in [1.29, 1.82) is 0 Å². The van der Waals surface area contributed by atoms with Crippen LogP contribution in [0.25, 0.3) is 5.69 Å². The highest BCUT2D eigenvalue weighted by molar-refractivity contribution is 6.29. The first-order valence-corrected chi connectivity index (χ1v) is 14.0. The number of rotatable bonds is 8. The first kappa shape index (κ1) is 30.7. The number of para-hydroxylation sites is 1. The number of carbonyl (C=O) groups is 3. The van der Waals surface area contributed by atoms with Gasteiger partial charge >= 0.3 is 6.18 Å². The first-order valence-electron chi connectivity index (χ1n) is 13.6. The van der Waals surface area contributed by atoms with Gasteiger partial charge in [-0.2, -0.15) is 18.3 Å². The van der Waals surface area contributed by atoms with Gasteiger partial charge in [0.2, 0.25) is 0 Å². The molecule has 2 N–H and O–H groups in total. The second-order valence-corrected chi connectivity index (χ2v) is 10.4. The summed E-state index contributed by atoms with van der Waals surface area (Å²) in [6.45, 7) is 1.79. The van der Waals surface area contributed by atoms with E-state index in [1.54, 1.807) is 42.1 Å². The molecule has 0 saturated heterocycles. The predicted molar refractivity (Wildman–Crippen MR) is 155 cm³/mol. The van der Waals surface area contributed by atoms with Crippen molar-refractivity contribution in [2.24, 2.45) is 0 Å². The van der Waals surface area contributed by atoms with Gasteiger partial charge in [-0.1, -0.05) is 60.1 Å². The molecule has 8 nitrogen and oxygen atoms in total. The van der Waals surface area contributed by atoms with Gasteiger partial charge in [0.25, 0.3) is 23.4 Å². The molecule has 1 aromatic heterocycles. The maximum absolute atomic E-state index is 14.2. The molecule has 0 saturated carbocycles. The van der Waals surface area contributed by atoms with Crippen molar-refractivity contribution in [3.63, 3.8) is 0 Å². The molecule has 1 aliphatic rings. The summed E-state index contributed by atoms with van der Waals surface area (Å²) in [4.78, 5) is 41.0. The van der Waals surface area contributed by atoms with E-state index in [2.05, 4.69) is 15.7 Å². The van der Waals surface area contributed by atoms with Crippen LogP contribution in [0.2, 0.25) is 0 Å².